The maximum Gasteiger partial charge on any atom is 0.312 e. The van der Waals surface area contributed by atoms with Crippen molar-refractivity contribution >= 4 is 40.3 Å². The summed E-state index contributed by atoms with van der Waals surface area (Å²) >= 11 is 0. The number of aliphatic hydroxyl groups excluding tert-OH is 2. The van der Waals surface area contributed by atoms with Crippen molar-refractivity contribution in [1.82, 2.24) is 5.01 Å². The van der Waals surface area contributed by atoms with Crippen molar-refractivity contribution < 1.29 is 58.9 Å². The Kier molecular flexibility index (Phi) is 17.6. The summed E-state index contributed by atoms with van der Waals surface area (Å²) in [7, 11) is 1.44. The number of fused-ring (bicyclic) bond motifs is 14. The standard InChI is InChI=1S/C48H69N3O12/c1-12-14-16-22-51(23-17-15-13-2)49-25-33-38-43(57)36-35(42(33)56)37-45(31(8)41(36)55)63-48(10,46(37)58)61-24-21-34(60-11)28(5)44(62-32(9)52)30(7)40(54)29(6)39(53)26(3)19-18-20-27(4)47(59)50-38/h18-21,24-26,28-30,34,39-40,44,53-57H,12-17,22-23H2,1-11H3,(H,50,59)/b19-18+,24-21+,27-20+,49-25-. The first-order valence-electron chi connectivity index (χ1n) is 22.1. The number of phenols is 3. The van der Waals surface area contributed by atoms with Crippen LogP contribution in [0.5, 0.6) is 23.0 Å². The zero-order valence-corrected chi connectivity index (χ0v) is 38.7. The Morgan fingerprint density at radius 1 is 0.905 bits per heavy atom. The van der Waals surface area contributed by atoms with Gasteiger partial charge in [0.1, 0.15) is 23.4 Å². The van der Waals surface area contributed by atoms with Crippen molar-refractivity contribution in [2.24, 2.45) is 28.8 Å². The number of benzene rings is 2. The van der Waals surface area contributed by atoms with Crippen LogP contribution < -0.4 is 10.1 Å². The van der Waals surface area contributed by atoms with Crippen LogP contribution in [0.15, 0.2) is 41.2 Å². The fourth-order valence-corrected chi connectivity index (χ4v) is 8.33. The Bertz CT molecular complexity index is 2090. The second-order valence-corrected chi connectivity index (χ2v) is 17.2. The van der Waals surface area contributed by atoms with Gasteiger partial charge in [-0.3, -0.25) is 19.4 Å². The minimum absolute atomic E-state index is 0.0611. The Morgan fingerprint density at radius 2 is 1.54 bits per heavy atom. The van der Waals surface area contributed by atoms with Crippen LogP contribution in [-0.2, 0) is 23.8 Å². The first-order valence-corrected chi connectivity index (χ1v) is 22.1. The average molecular weight is 880 g/mol. The largest absolute Gasteiger partial charge is 0.507 e. The monoisotopic (exact) mass is 879 g/mol. The highest BCUT2D eigenvalue weighted by molar-refractivity contribution is 6.23. The summed E-state index contributed by atoms with van der Waals surface area (Å²) in [4.78, 5) is 40.8. The van der Waals surface area contributed by atoms with Gasteiger partial charge >= 0.3 is 11.8 Å². The van der Waals surface area contributed by atoms with E-state index in [9.17, 15) is 39.9 Å². The van der Waals surface area contributed by atoms with Gasteiger partial charge in [0.2, 0.25) is 0 Å². The number of hydrogen-bond donors (Lipinski definition) is 6. The topological polar surface area (TPSA) is 217 Å². The van der Waals surface area contributed by atoms with E-state index in [1.165, 1.54) is 59.4 Å². The summed E-state index contributed by atoms with van der Waals surface area (Å²) in [5.74, 6) is -8.30. The molecule has 5 rings (SSSR count). The number of hydrazone groups is 1. The SMILES string of the molecule is CCCCCN(CCCCC)/N=C\c1c2c(O)c3c(O)c(C)c4c(c3c1O)C(=O)C(C)(O/C=C/C(OC)C(C)C(OC(C)=O)C(C)C(O)C(C)C(O)C(C)/C=C/C=C(\C)C(=O)N2)O4. The molecule has 15 heteroatoms. The molecule has 1 amide bonds. The molecule has 0 saturated heterocycles. The predicted octanol–water partition coefficient (Wildman–Crippen LogP) is 7.77. The molecule has 0 aliphatic carbocycles. The molecule has 3 heterocycles. The van der Waals surface area contributed by atoms with E-state index in [-0.39, 0.29) is 44.5 Å². The molecule has 0 aromatic heterocycles. The van der Waals surface area contributed by atoms with Crippen LogP contribution in [0, 0.1) is 30.6 Å². The molecule has 9 unspecified atom stereocenters. The van der Waals surface area contributed by atoms with Gasteiger partial charge in [0.15, 0.2) is 5.75 Å². The second-order valence-electron chi connectivity index (χ2n) is 17.2. The number of unbranched alkanes of at least 4 members (excludes halogenated alkanes) is 4. The number of esters is 1. The van der Waals surface area contributed by atoms with Gasteiger partial charge in [-0.05, 0) is 32.8 Å². The number of nitrogens with zero attached hydrogens (tertiary/aromatic N) is 2. The molecule has 3 aliphatic rings. The summed E-state index contributed by atoms with van der Waals surface area (Å²) in [5.41, 5.74) is -0.303. The summed E-state index contributed by atoms with van der Waals surface area (Å²) in [6, 6.07) is 0. The van der Waals surface area contributed by atoms with Gasteiger partial charge in [0, 0.05) is 74.2 Å². The molecule has 3 aliphatic heterocycles. The fraction of sp³-hybridized carbons (Fsp3) is 0.583. The van der Waals surface area contributed by atoms with Gasteiger partial charge < -0.3 is 49.8 Å². The van der Waals surface area contributed by atoms with Crippen molar-refractivity contribution in [2.45, 2.75) is 138 Å². The third-order valence-corrected chi connectivity index (χ3v) is 12.4. The smallest absolute Gasteiger partial charge is 0.312 e. The van der Waals surface area contributed by atoms with E-state index in [0.717, 1.165) is 38.5 Å². The molecular weight excluding hydrogens is 811 g/mol. The Balaban J connectivity index is 1.99. The number of phenolic OH excluding ortho intramolecular Hbond substituents is 3. The number of allylic oxidation sites excluding steroid dienone is 2. The predicted molar refractivity (Wildman–Crippen MR) is 242 cm³/mol. The Morgan fingerprint density at radius 3 is 2.13 bits per heavy atom. The summed E-state index contributed by atoms with van der Waals surface area (Å²) in [6.07, 6.45) is 10.6. The molecule has 0 saturated carbocycles. The van der Waals surface area contributed by atoms with Crippen molar-refractivity contribution in [3.63, 3.8) is 0 Å². The molecule has 5 bridgehead atoms. The number of anilines is 1. The lowest BCUT2D eigenvalue weighted by Crippen LogP contribution is -2.46. The lowest BCUT2D eigenvalue weighted by atomic mass is 9.78. The van der Waals surface area contributed by atoms with Crippen LogP contribution in [-0.4, -0.2) is 105 Å². The number of carbonyl (C=O) groups is 3. The number of ether oxygens (including phenoxy) is 4. The Hall–Kier alpha value is -5.12. The molecular formula is C48H69N3O12. The van der Waals surface area contributed by atoms with Crippen LogP contribution >= 0.6 is 0 Å². The molecule has 2 aromatic rings. The van der Waals surface area contributed by atoms with Gasteiger partial charge in [0.05, 0.1) is 53.0 Å². The number of carbonyl (C=O) groups excluding carboxylic acids is 3. The van der Waals surface area contributed by atoms with Crippen molar-refractivity contribution in [3.8, 4) is 23.0 Å². The molecule has 0 fully saturated rings. The first-order chi connectivity index (χ1) is 29.8. The molecule has 2 aromatic carbocycles. The maximum absolute atomic E-state index is 14.6. The highest BCUT2D eigenvalue weighted by Crippen LogP contribution is 2.55. The van der Waals surface area contributed by atoms with Crippen LogP contribution in [0.25, 0.3) is 10.8 Å². The van der Waals surface area contributed by atoms with Gasteiger partial charge in [-0.2, -0.15) is 5.10 Å². The second kappa shape index (κ2) is 22.0. The van der Waals surface area contributed by atoms with Crippen LogP contribution in [0.1, 0.15) is 122 Å². The molecule has 9 atom stereocenters. The van der Waals surface area contributed by atoms with E-state index in [0.29, 0.717) is 13.1 Å². The van der Waals surface area contributed by atoms with E-state index in [1.54, 1.807) is 39.8 Å². The number of methoxy groups -OCH3 is 1. The maximum atomic E-state index is 14.6. The quantitative estimate of drug-likeness (QED) is 0.0300. The summed E-state index contributed by atoms with van der Waals surface area (Å²) in [6.45, 7) is 18.0. The van der Waals surface area contributed by atoms with Crippen LogP contribution in [0.4, 0.5) is 5.69 Å². The average Bonchev–Trinajstić information content (AvgIpc) is 3.51. The third kappa shape index (κ3) is 11.2. The first kappa shape index (κ1) is 50.5. The number of ketones is 1. The molecule has 63 heavy (non-hydrogen) atoms. The minimum Gasteiger partial charge on any atom is -0.507 e. The Labute approximate surface area is 371 Å². The number of hydrogen-bond acceptors (Lipinski definition) is 14. The highest BCUT2D eigenvalue weighted by atomic mass is 16.7. The number of nitrogens with one attached hydrogen (secondary N) is 1. The molecule has 15 nitrogen and oxygen atoms in total. The lowest BCUT2D eigenvalue weighted by molar-refractivity contribution is -0.160. The van der Waals surface area contributed by atoms with Crippen LogP contribution in [0.2, 0.25) is 0 Å². The van der Waals surface area contributed by atoms with Crippen molar-refractivity contribution in [3.05, 3.63) is 52.8 Å². The summed E-state index contributed by atoms with van der Waals surface area (Å²) < 4.78 is 23.7. The normalized spacial score (nSPS) is 28.9. The van der Waals surface area contributed by atoms with Gasteiger partial charge in [0.25, 0.3) is 11.7 Å². The van der Waals surface area contributed by atoms with Crippen molar-refractivity contribution in [1.29, 1.82) is 0 Å². The van der Waals surface area contributed by atoms with Crippen LogP contribution in [0.3, 0.4) is 0 Å². The zero-order chi connectivity index (χ0) is 46.9. The summed E-state index contributed by atoms with van der Waals surface area (Å²) in [5, 5.41) is 67.7. The highest BCUT2D eigenvalue weighted by Gasteiger charge is 2.50. The van der Waals surface area contributed by atoms with Gasteiger partial charge in [-0.25, -0.2) is 0 Å². The fourth-order valence-electron chi connectivity index (χ4n) is 8.33. The zero-order valence-electron chi connectivity index (χ0n) is 38.7. The minimum atomic E-state index is -2.05. The number of aromatic hydroxyl groups is 3. The van der Waals surface area contributed by atoms with E-state index in [2.05, 4.69) is 19.2 Å². The van der Waals surface area contributed by atoms with E-state index in [4.69, 9.17) is 24.0 Å². The van der Waals surface area contributed by atoms with E-state index < -0.39 is 88.8 Å². The van der Waals surface area contributed by atoms with E-state index in [1.807, 2.05) is 5.01 Å². The number of amides is 1. The number of rotatable bonds is 12. The van der Waals surface area contributed by atoms with E-state index >= 15 is 0 Å². The molecule has 348 valence electrons. The lowest BCUT2D eigenvalue weighted by Gasteiger charge is -2.38. The van der Waals surface area contributed by atoms with Gasteiger partial charge in [-0.15, -0.1) is 0 Å². The number of Topliss-reactive ketones (excluding diaryl/α,β-unsaturated/α-hetero) is 1. The molecule has 6 N–H and O–H groups in total. The third-order valence-electron chi connectivity index (χ3n) is 12.4. The molecule has 0 spiro atoms. The molecule has 0 radical (unpaired) electrons. The van der Waals surface area contributed by atoms with Crippen molar-refractivity contribution in [2.75, 3.05) is 25.5 Å². The number of aliphatic hydroxyl groups is 2. The van der Waals surface area contributed by atoms with Gasteiger partial charge in [-0.1, -0.05) is 85.5 Å².